The Bertz CT molecular complexity index is 333. The molecule has 3 nitrogen and oxygen atoms in total. The van der Waals surface area contributed by atoms with E-state index in [1.54, 1.807) is 7.11 Å². The smallest absolute Gasteiger partial charge is 0.186 e. The van der Waals surface area contributed by atoms with Gasteiger partial charge < -0.3 is 15.6 Å². The quantitative estimate of drug-likeness (QED) is 0.398. The summed E-state index contributed by atoms with van der Waals surface area (Å²) >= 11 is 0. The number of ether oxygens (including phenoxy) is 1. The summed E-state index contributed by atoms with van der Waals surface area (Å²) in [5.41, 5.74) is 5.68. The topological polar surface area (TPSA) is 55.5 Å². The molecule has 1 saturated carbocycles. The van der Waals surface area contributed by atoms with E-state index >= 15 is 0 Å². The second kappa shape index (κ2) is 10.1. The zero-order valence-corrected chi connectivity index (χ0v) is 16.9. The van der Waals surface area contributed by atoms with E-state index in [0.717, 1.165) is 12.8 Å². The van der Waals surface area contributed by atoms with Crippen LogP contribution in [0.1, 0.15) is 98.3 Å². The molecule has 0 radical (unpaired) electrons. The van der Waals surface area contributed by atoms with Gasteiger partial charge >= 0.3 is 0 Å². The summed E-state index contributed by atoms with van der Waals surface area (Å²) < 4.78 is 5.78. The lowest BCUT2D eigenvalue weighted by atomic mass is 9.64. The van der Waals surface area contributed by atoms with Gasteiger partial charge in [-0.3, -0.25) is 0 Å². The van der Waals surface area contributed by atoms with Gasteiger partial charge in [0, 0.05) is 13.0 Å². The lowest BCUT2D eigenvalue weighted by Crippen LogP contribution is -2.64. The molecule has 144 valence electrons. The molecule has 0 heterocycles. The van der Waals surface area contributed by atoms with Crippen LogP contribution in [0, 0.1) is 17.8 Å². The fraction of sp³-hybridized carbons (Fsp3) is 1.00. The second-order valence-electron chi connectivity index (χ2n) is 8.59. The highest BCUT2D eigenvalue weighted by Crippen LogP contribution is 2.46. The van der Waals surface area contributed by atoms with E-state index < -0.39 is 11.3 Å². The molecule has 1 fully saturated rings. The van der Waals surface area contributed by atoms with Gasteiger partial charge in [-0.2, -0.15) is 0 Å². The molecule has 3 N–H and O–H groups in total. The number of hydrogen-bond acceptors (Lipinski definition) is 3. The highest BCUT2D eigenvalue weighted by molar-refractivity contribution is 5.00. The summed E-state index contributed by atoms with van der Waals surface area (Å²) in [7, 11) is 1.64. The fourth-order valence-corrected chi connectivity index (χ4v) is 4.88. The zero-order valence-electron chi connectivity index (χ0n) is 16.9. The Morgan fingerprint density at radius 3 is 2.12 bits per heavy atom. The number of methoxy groups -OCH3 is 1. The molecule has 0 aromatic heterocycles. The van der Waals surface area contributed by atoms with Crippen LogP contribution in [0.15, 0.2) is 0 Å². The first-order chi connectivity index (χ1) is 11.3. The summed E-state index contributed by atoms with van der Waals surface area (Å²) in [6, 6.07) is 0. The fourth-order valence-electron chi connectivity index (χ4n) is 4.88. The standard InChI is InChI=1S/C21H43NO2/c1-6-8-10-14-17(13-7-2)19(18-15-11-9-12-16-18)21(23,24-5)20(3,4)22/h17-19,23H,6-16,22H2,1-5H3/t17-,19?,21-/m1/s1. The van der Waals surface area contributed by atoms with E-state index in [1.807, 2.05) is 13.8 Å². The number of hydrogen-bond donors (Lipinski definition) is 2. The van der Waals surface area contributed by atoms with E-state index in [9.17, 15) is 5.11 Å². The first kappa shape index (κ1) is 21.9. The third-order valence-corrected chi connectivity index (χ3v) is 6.19. The van der Waals surface area contributed by atoms with E-state index in [-0.39, 0.29) is 5.92 Å². The first-order valence-corrected chi connectivity index (χ1v) is 10.4. The van der Waals surface area contributed by atoms with Crippen molar-refractivity contribution in [2.75, 3.05) is 7.11 Å². The van der Waals surface area contributed by atoms with Crippen LogP contribution in [0.2, 0.25) is 0 Å². The SMILES string of the molecule is CCCCC[C@@H](CCC)C(C1CCCCC1)[C@@](O)(OC)C(C)(C)N. The summed E-state index contributed by atoms with van der Waals surface area (Å²) in [6.07, 6.45) is 13.6. The van der Waals surface area contributed by atoms with Gasteiger partial charge in [0.25, 0.3) is 0 Å². The summed E-state index contributed by atoms with van der Waals surface area (Å²) in [6.45, 7) is 8.34. The molecule has 0 saturated heterocycles. The number of rotatable bonds is 11. The third kappa shape index (κ3) is 5.44. The largest absolute Gasteiger partial charge is 0.364 e. The summed E-state index contributed by atoms with van der Waals surface area (Å²) in [5.74, 6) is -0.0807. The van der Waals surface area contributed by atoms with E-state index in [1.165, 1.54) is 57.8 Å². The predicted molar refractivity (Wildman–Crippen MR) is 103 cm³/mol. The van der Waals surface area contributed by atoms with Crippen LogP contribution in [0.25, 0.3) is 0 Å². The molecule has 0 bridgehead atoms. The van der Waals surface area contributed by atoms with Crippen LogP contribution in [0.3, 0.4) is 0 Å². The van der Waals surface area contributed by atoms with Crippen LogP contribution in [-0.2, 0) is 4.74 Å². The summed E-state index contributed by atoms with van der Waals surface area (Å²) in [4.78, 5) is 0. The Hall–Kier alpha value is -0.120. The van der Waals surface area contributed by atoms with E-state index in [0.29, 0.717) is 11.8 Å². The summed E-state index contributed by atoms with van der Waals surface area (Å²) in [5, 5.41) is 11.6. The van der Waals surface area contributed by atoms with Gasteiger partial charge in [0.1, 0.15) is 0 Å². The van der Waals surface area contributed by atoms with Crippen LogP contribution >= 0.6 is 0 Å². The van der Waals surface area contributed by atoms with Gasteiger partial charge in [-0.1, -0.05) is 65.2 Å². The average molecular weight is 342 g/mol. The molecule has 1 aliphatic rings. The van der Waals surface area contributed by atoms with Crippen molar-refractivity contribution >= 4 is 0 Å². The molecular formula is C21H43NO2. The van der Waals surface area contributed by atoms with Gasteiger partial charge in [-0.25, -0.2) is 0 Å². The minimum Gasteiger partial charge on any atom is -0.364 e. The van der Waals surface area contributed by atoms with Crippen molar-refractivity contribution in [2.24, 2.45) is 23.5 Å². The maximum atomic E-state index is 11.6. The molecule has 3 atom stereocenters. The van der Waals surface area contributed by atoms with E-state index in [4.69, 9.17) is 10.5 Å². The molecule has 1 aliphatic carbocycles. The van der Waals surface area contributed by atoms with Crippen LogP contribution in [-0.4, -0.2) is 23.5 Å². The van der Waals surface area contributed by atoms with Gasteiger partial charge in [0.05, 0.1) is 5.54 Å². The van der Waals surface area contributed by atoms with E-state index in [2.05, 4.69) is 13.8 Å². The Kier molecular flexibility index (Phi) is 9.25. The van der Waals surface area contributed by atoms with Crippen LogP contribution < -0.4 is 5.73 Å². The molecule has 24 heavy (non-hydrogen) atoms. The monoisotopic (exact) mass is 341 g/mol. The van der Waals surface area contributed by atoms with Crippen molar-refractivity contribution in [3.8, 4) is 0 Å². The van der Waals surface area contributed by atoms with Gasteiger partial charge in [0.2, 0.25) is 0 Å². The highest BCUT2D eigenvalue weighted by Gasteiger charge is 2.53. The molecule has 0 aromatic rings. The Balaban J connectivity index is 3.12. The van der Waals surface area contributed by atoms with Crippen molar-refractivity contribution in [2.45, 2.75) is 110 Å². The number of aliphatic hydroxyl groups is 1. The van der Waals surface area contributed by atoms with Crippen molar-refractivity contribution in [1.29, 1.82) is 0 Å². The number of unbranched alkanes of at least 4 members (excludes halogenated alkanes) is 2. The minimum absolute atomic E-state index is 0.139. The lowest BCUT2D eigenvalue weighted by Gasteiger charge is -2.51. The lowest BCUT2D eigenvalue weighted by molar-refractivity contribution is -0.278. The van der Waals surface area contributed by atoms with Gasteiger partial charge in [0.15, 0.2) is 5.79 Å². The maximum Gasteiger partial charge on any atom is 0.186 e. The first-order valence-electron chi connectivity index (χ1n) is 10.4. The third-order valence-electron chi connectivity index (χ3n) is 6.19. The van der Waals surface area contributed by atoms with Crippen molar-refractivity contribution < 1.29 is 9.84 Å². The molecular weight excluding hydrogens is 298 g/mol. The average Bonchev–Trinajstić information content (AvgIpc) is 2.55. The minimum atomic E-state index is -1.25. The highest BCUT2D eigenvalue weighted by atomic mass is 16.6. The van der Waals surface area contributed by atoms with Crippen LogP contribution in [0.4, 0.5) is 0 Å². The molecule has 0 spiro atoms. The predicted octanol–water partition coefficient (Wildman–Crippen LogP) is 5.25. The van der Waals surface area contributed by atoms with Crippen molar-refractivity contribution in [3.05, 3.63) is 0 Å². The van der Waals surface area contributed by atoms with Crippen molar-refractivity contribution in [1.82, 2.24) is 0 Å². The maximum absolute atomic E-state index is 11.6. The molecule has 0 amide bonds. The van der Waals surface area contributed by atoms with Gasteiger partial charge in [-0.15, -0.1) is 0 Å². The van der Waals surface area contributed by atoms with Gasteiger partial charge in [-0.05, 0) is 44.9 Å². The molecule has 0 aliphatic heterocycles. The molecule has 1 rings (SSSR count). The zero-order chi connectivity index (χ0) is 18.2. The number of nitrogens with two attached hydrogens (primary N) is 1. The Morgan fingerprint density at radius 1 is 1.04 bits per heavy atom. The van der Waals surface area contributed by atoms with Crippen LogP contribution in [0.5, 0.6) is 0 Å². The molecule has 1 unspecified atom stereocenters. The van der Waals surface area contributed by atoms with Crippen molar-refractivity contribution in [3.63, 3.8) is 0 Å². The Labute approximate surface area is 150 Å². The molecule has 0 aromatic carbocycles. The Morgan fingerprint density at radius 2 is 1.67 bits per heavy atom. The molecule has 3 heteroatoms. The second-order valence-corrected chi connectivity index (χ2v) is 8.59. The normalized spacial score (nSPS) is 22.1.